The summed E-state index contributed by atoms with van der Waals surface area (Å²) >= 11 is 0. The van der Waals surface area contributed by atoms with Crippen LogP contribution in [0, 0.1) is 28.1 Å². The predicted octanol–water partition coefficient (Wildman–Crippen LogP) is 14.9. The summed E-state index contributed by atoms with van der Waals surface area (Å²) in [6.07, 6.45) is 36.7. The quantitative estimate of drug-likeness (QED) is 0.0358. The second-order valence-electron chi connectivity index (χ2n) is 23.8. The molecule has 0 radical (unpaired) electrons. The molecule has 0 spiro atoms. The van der Waals surface area contributed by atoms with E-state index in [4.69, 9.17) is 33.2 Å². The smallest absolute Gasteiger partial charge is 0.305 e. The van der Waals surface area contributed by atoms with Gasteiger partial charge < -0.3 is 38.1 Å². The number of carbonyl (C=O) groups is 2. The van der Waals surface area contributed by atoms with Crippen LogP contribution in [-0.4, -0.2) is 95.3 Å². The van der Waals surface area contributed by atoms with E-state index in [2.05, 4.69) is 43.0 Å². The van der Waals surface area contributed by atoms with Crippen LogP contribution in [0.1, 0.15) is 238 Å². The van der Waals surface area contributed by atoms with Crippen LogP contribution in [0.5, 0.6) is 0 Å². The Kier molecular flexibility index (Phi) is 27.8. The van der Waals surface area contributed by atoms with Crippen LogP contribution in [0.15, 0.2) is 30.3 Å². The number of carbonyl (C=O) groups excluding carboxylic acids is 2. The van der Waals surface area contributed by atoms with Gasteiger partial charge >= 0.3 is 11.9 Å². The largest absolute Gasteiger partial charge is 0.466 e. The van der Waals surface area contributed by atoms with Crippen molar-refractivity contribution >= 4 is 11.9 Å². The van der Waals surface area contributed by atoms with Crippen molar-refractivity contribution in [1.29, 1.82) is 0 Å². The molecule has 8 rings (SSSR count). The van der Waals surface area contributed by atoms with Gasteiger partial charge in [0.15, 0.2) is 12.6 Å². The first-order chi connectivity index (χ1) is 35.3. The molecule has 72 heavy (non-hydrogen) atoms. The number of ether oxygens (including phenoxy) is 7. The number of hydrogen-bond acceptors (Lipinski definition) is 10. The number of rotatable bonds is 41. The van der Waals surface area contributed by atoms with Crippen LogP contribution in [-0.2, 0) is 49.4 Å². The van der Waals surface area contributed by atoms with E-state index in [1.807, 2.05) is 6.07 Å². The number of esters is 2. The third-order valence-corrected chi connectivity index (χ3v) is 18.3. The molecule has 0 atom stereocenters. The fraction of sp³-hybridized carbons (Fsp3) is 0.871. The maximum Gasteiger partial charge on any atom is 0.305 e. The van der Waals surface area contributed by atoms with E-state index in [9.17, 15) is 9.59 Å². The summed E-state index contributed by atoms with van der Waals surface area (Å²) in [5.41, 5.74) is 1.73. The van der Waals surface area contributed by atoms with Crippen molar-refractivity contribution in [3.05, 3.63) is 35.9 Å². The van der Waals surface area contributed by atoms with Crippen molar-refractivity contribution in [3.8, 4) is 0 Å². The number of nitrogens with zero attached hydrogens (tertiary/aromatic N) is 1. The van der Waals surface area contributed by atoms with Gasteiger partial charge in [0, 0.05) is 32.7 Å². The Morgan fingerprint density at radius 3 is 1.46 bits per heavy atom. The fourth-order valence-electron chi connectivity index (χ4n) is 12.8. The monoisotopic (exact) mass is 1010 g/mol. The molecule has 1 heterocycles. The lowest BCUT2D eigenvalue weighted by Crippen LogP contribution is -2.42. The highest BCUT2D eigenvalue weighted by atomic mass is 16.7. The van der Waals surface area contributed by atoms with E-state index in [0.717, 1.165) is 103 Å². The summed E-state index contributed by atoms with van der Waals surface area (Å²) in [6, 6.07) is 10.4. The van der Waals surface area contributed by atoms with Gasteiger partial charge in [0.05, 0.1) is 45.9 Å². The number of piperidine rings is 1. The number of unbranched alkanes of at least 4 members (excludes halogenated alkanes) is 11. The lowest BCUT2D eigenvalue weighted by atomic mass is 9.61. The SMILES string of the molecule is CCCCCCCCOC(CCC(=O)OCCC1(CCOC(=O)CCC(OCC23CCC(CC2)CC3)OCC23CCC(CC2)CC3)CCN(CCCCOCc2ccccc2)CC1)OCCCCCCCC. The van der Waals surface area contributed by atoms with Gasteiger partial charge in [-0.1, -0.05) is 108 Å². The van der Waals surface area contributed by atoms with Crippen molar-refractivity contribution in [3.63, 3.8) is 0 Å². The lowest BCUT2D eigenvalue weighted by Gasteiger charge is -2.48. The van der Waals surface area contributed by atoms with E-state index in [-0.39, 0.29) is 36.4 Å². The molecule has 0 amide bonds. The van der Waals surface area contributed by atoms with Crippen LogP contribution >= 0.6 is 0 Å². The molecule has 1 aliphatic heterocycles. The summed E-state index contributed by atoms with van der Waals surface area (Å²) in [7, 11) is 0. The van der Waals surface area contributed by atoms with Gasteiger partial charge in [-0.25, -0.2) is 0 Å². The van der Waals surface area contributed by atoms with Crippen molar-refractivity contribution in [2.75, 3.05) is 65.9 Å². The normalized spacial score (nSPS) is 24.2. The van der Waals surface area contributed by atoms with Gasteiger partial charge in [-0.2, -0.15) is 0 Å². The van der Waals surface area contributed by atoms with Gasteiger partial charge in [-0.3, -0.25) is 9.59 Å². The Labute approximate surface area is 439 Å². The zero-order valence-corrected chi connectivity index (χ0v) is 46.1. The first-order valence-electron chi connectivity index (χ1n) is 30.4. The van der Waals surface area contributed by atoms with Gasteiger partial charge in [0.25, 0.3) is 0 Å². The Bertz CT molecular complexity index is 1490. The Morgan fingerprint density at radius 2 is 0.972 bits per heavy atom. The number of fused-ring (bicyclic) bond motifs is 6. The molecule has 7 fully saturated rings. The highest BCUT2D eigenvalue weighted by molar-refractivity contribution is 5.69. The van der Waals surface area contributed by atoms with Crippen molar-refractivity contribution in [1.82, 2.24) is 4.90 Å². The van der Waals surface area contributed by atoms with Crippen LogP contribution in [0.2, 0.25) is 0 Å². The maximum absolute atomic E-state index is 13.5. The van der Waals surface area contributed by atoms with Crippen LogP contribution in [0.25, 0.3) is 0 Å². The van der Waals surface area contributed by atoms with Gasteiger partial charge in [-0.05, 0) is 182 Å². The van der Waals surface area contributed by atoms with Crippen LogP contribution in [0.4, 0.5) is 0 Å². The van der Waals surface area contributed by atoms with Crippen molar-refractivity contribution < 1.29 is 42.7 Å². The molecular formula is C62H105NO9. The Balaban J connectivity index is 0.954. The van der Waals surface area contributed by atoms with E-state index >= 15 is 0 Å². The molecule has 4 bridgehead atoms. The lowest BCUT2D eigenvalue weighted by molar-refractivity contribution is -0.197. The minimum Gasteiger partial charge on any atom is -0.466 e. The second-order valence-corrected chi connectivity index (χ2v) is 23.8. The highest BCUT2D eigenvalue weighted by Gasteiger charge is 2.43. The predicted molar refractivity (Wildman–Crippen MR) is 288 cm³/mol. The molecule has 0 N–H and O–H groups in total. The fourth-order valence-corrected chi connectivity index (χ4v) is 12.8. The molecule has 10 heteroatoms. The number of hydrogen-bond donors (Lipinski definition) is 0. The van der Waals surface area contributed by atoms with E-state index in [1.54, 1.807) is 0 Å². The first-order valence-corrected chi connectivity index (χ1v) is 30.4. The third kappa shape index (κ3) is 22.3. The Hall–Kier alpha value is -2.08. The summed E-state index contributed by atoms with van der Waals surface area (Å²) in [5, 5.41) is 0. The average molecular weight is 1010 g/mol. The summed E-state index contributed by atoms with van der Waals surface area (Å²) < 4.78 is 43.9. The molecule has 1 aromatic rings. The van der Waals surface area contributed by atoms with Crippen molar-refractivity contribution in [2.45, 2.75) is 251 Å². The maximum atomic E-state index is 13.5. The average Bonchev–Trinajstić information content (AvgIpc) is 3.42. The number of benzene rings is 1. The molecule has 7 aliphatic rings. The molecule has 6 aliphatic carbocycles. The minimum absolute atomic E-state index is 0.0652. The van der Waals surface area contributed by atoms with Gasteiger partial charge in [-0.15, -0.1) is 0 Å². The van der Waals surface area contributed by atoms with E-state index in [1.165, 1.54) is 147 Å². The highest BCUT2D eigenvalue weighted by Crippen LogP contribution is 2.52. The van der Waals surface area contributed by atoms with E-state index in [0.29, 0.717) is 63.1 Å². The van der Waals surface area contributed by atoms with Gasteiger partial charge in [0.1, 0.15) is 0 Å². The zero-order chi connectivity index (χ0) is 50.4. The summed E-state index contributed by atoms with van der Waals surface area (Å²) in [6.45, 7) is 12.5. The number of likely N-dealkylation sites (tertiary alicyclic amines) is 1. The van der Waals surface area contributed by atoms with Gasteiger partial charge in [0.2, 0.25) is 0 Å². The summed E-state index contributed by atoms with van der Waals surface area (Å²) in [4.78, 5) is 29.4. The zero-order valence-electron chi connectivity index (χ0n) is 46.1. The molecule has 1 saturated heterocycles. The molecule has 1 aromatic carbocycles. The minimum atomic E-state index is -0.378. The van der Waals surface area contributed by atoms with Crippen molar-refractivity contribution in [2.24, 2.45) is 28.1 Å². The molecule has 6 saturated carbocycles. The molecule has 0 aromatic heterocycles. The standard InChI is InChI=1S/C62H105NO9/c1-3-5-7-9-11-17-46-69-58(70-47-18-12-10-8-6-4-2)24-22-56(64)67-48-40-60(38-43-63(44-39-60)42-16-19-45-66-50-55-20-14-13-15-21-55)41-49-68-57(65)23-25-59(71-51-61-32-26-53(27-33-61)28-34-61)72-52-62-35-29-54(30-36-62)31-37-62/h13-15,20-21,53-54,58-59H,3-12,16-19,22-52H2,1-2H3. The first kappa shape index (κ1) is 59.2. The molecule has 10 nitrogen and oxygen atoms in total. The summed E-state index contributed by atoms with van der Waals surface area (Å²) in [5.74, 6) is 1.48. The second kappa shape index (κ2) is 33.8. The third-order valence-electron chi connectivity index (χ3n) is 18.3. The molecule has 0 unspecified atom stereocenters. The van der Waals surface area contributed by atoms with E-state index < -0.39 is 0 Å². The molecule has 412 valence electrons. The van der Waals surface area contributed by atoms with Crippen LogP contribution < -0.4 is 0 Å². The van der Waals surface area contributed by atoms with Crippen LogP contribution in [0.3, 0.4) is 0 Å². The Morgan fingerprint density at radius 1 is 0.528 bits per heavy atom. The topological polar surface area (TPSA) is 102 Å². The molecular weight excluding hydrogens is 903 g/mol.